The number of carbonyl (C=O) groups excluding carboxylic acids is 2. The number of rotatable bonds is 7. The van der Waals surface area contributed by atoms with Crippen molar-refractivity contribution in [3.8, 4) is 17.2 Å². The van der Waals surface area contributed by atoms with Crippen LogP contribution in [0.4, 0.5) is 5.69 Å². The molecule has 7 heteroatoms. The van der Waals surface area contributed by atoms with E-state index in [-0.39, 0.29) is 6.79 Å². The number of esters is 1. The van der Waals surface area contributed by atoms with Gasteiger partial charge in [0.05, 0.1) is 5.56 Å². The normalized spacial score (nSPS) is 12.7. The molecule has 0 saturated heterocycles. The summed E-state index contributed by atoms with van der Waals surface area (Å²) in [7, 11) is 0. The second-order valence-electron chi connectivity index (χ2n) is 6.90. The zero-order valence-electron chi connectivity index (χ0n) is 16.9. The highest BCUT2D eigenvalue weighted by Crippen LogP contribution is 2.34. The summed E-state index contributed by atoms with van der Waals surface area (Å²) in [5.41, 5.74) is 1.79. The number of nitrogens with one attached hydrogen (secondary N) is 1. The molecule has 3 aromatic rings. The molecule has 0 saturated carbocycles. The van der Waals surface area contributed by atoms with Crippen molar-refractivity contribution >= 4 is 17.6 Å². The van der Waals surface area contributed by atoms with Crippen LogP contribution >= 0.6 is 0 Å². The molecule has 0 fully saturated rings. The molecule has 7 nitrogen and oxygen atoms in total. The van der Waals surface area contributed by atoms with Gasteiger partial charge in [0.25, 0.3) is 5.91 Å². The number of para-hydroxylation sites is 1. The van der Waals surface area contributed by atoms with Gasteiger partial charge in [0, 0.05) is 11.8 Å². The summed E-state index contributed by atoms with van der Waals surface area (Å²) < 4.78 is 21.5. The van der Waals surface area contributed by atoms with Crippen LogP contribution < -0.4 is 19.5 Å². The van der Waals surface area contributed by atoms with Crippen LogP contribution in [0.5, 0.6) is 17.2 Å². The highest BCUT2D eigenvalue weighted by molar-refractivity contribution is 5.97. The summed E-state index contributed by atoms with van der Waals surface area (Å²) in [5, 5.41) is 2.70. The Labute approximate surface area is 179 Å². The Balaban J connectivity index is 1.29. The molecule has 3 aromatic carbocycles. The third-order valence-electron chi connectivity index (χ3n) is 4.63. The van der Waals surface area contributed by atoms with Crippen LogP contribution in [-0.2, 0) is 16.1 Å². The summed E-state index contributed by atoms with van der Waals surface area (Å²) in [4.78, 5) is 24.8. The van der Waals surface area contributed by atoms with E-state index >= 15 is 0 Å². The Morgan fingerprint density at radius 2 is 1.71 bits per heavy atom. The maximum absolute atomic E-state index is 12.4. The van der Waals surface area contributed by atoms with Gasteiger partial charge < -0.3 is 24.3 Å². The summed E-state index contributed by atoms with van der Waals surface area (Å²) in [6, 6.07) is 21.4. The van der Waals surface area contributed by atoms with E-state index in [1.54, 1.807) is 42.5 Å². The smallest absolute Gasteiger partial charge is 0.338 e. The molecule has 0 bridgehead atoms. The van der Waals surface area contributed by atoms with Crippen LogP contribution in [0, 0.1) is 0 Å². The fourth-order valence-electron chi connectivity index (χ4n) is 2.92. The molecule has 31 heavy (non-hydrogen) atoms. The largest absolute Gasteiger partial charge is 0.489 e. The van der Waals surface area contributed by atoms with Crippen LogP contribution in [0.15, 0.2) is 72.8 Å². The molecular formula is C24H21NO6. The number of carbonyl (C=O) groups is 2. The van der Waals surface area contributed by atoms with E-state index in [9.17, 15) is 9.59 Å². The van der Waals surface area contributed by atoms with Gasteiger partial charge in [0.1, 0.15) is 12.4 Å². The molecular weight excluding hydrogens is 398 g/mol. The summed E-state index contributed by atoms with van der Waals surface area (Å²) >= 11 is 0. The Hall–Kier alpha value is -4.00. The monoisotopic (exact) mass is 419 g/mol. The Morgan fingerprint density at radius 1 is 0.968 bits per heavy atom. The molecule has 1 aliphatic rings. The maximum Gasteiger partial charge on any atom is 0.338 e. The lowest BCUT2D eigenvalue weighted by Crippen LogP contribution is -2.30. The van der Waals surface area contributed by atoms with Crippen molar-refractivity contribution in [2.75, 3.05) is 12.1 Å². The molecule has 1 N–H and O–H groups in total. The lowest BCUT2D eigenvalue weighted by Gasteiger charge is -2.14. The number of hydrogen-bond donors (Lipinski definition) is 1. The SMILES string of the molecule is C[C@H](OC(=O)c1ccc(COc2ccccc2)cc1)C(=O)Nc1ccc2c(c1)OCO2. The van der Waals surface area contributed by atoms with Gasteiger partial charge in [-0.15, -0.1) is 0 Å². The van der Waals surface area contributed by atoms with Crippen molar-refractivity contribution in [2.24, 2.45) is 0 Å². The van der Waals surface area contributed by atoms with Gasteiger partial charge in [0.2, 0.25) is 6.79 Å². The van der Waals surface area contributed by atoms with Gasteiger partial charge in [-0.3, -0.25) is 4.79 Å². The minimum atomic E-state index is -0.973. The van der Waals surface area contributed by atoms with E-state index < -0.39 is 18.0 Å². The van der Waals surface area contributed by atoms with Crippen molar-refractivity contribution in [2.45, 2.75) is 19.6 Å². The van der Waals surface area contributed by atoms with Gasteiger partial charge >= 0.3 is 5.97 Å². The first-order valence-corrected chi connectivity index (χ1v) is 9.77. The molecule has 1 aliphatic heterocycles. The molecule has 158 valence electrons. The van der Waals surface area contributed by atoms with Crippen molar-refractivity contribution in [3.05, 3.63) is 83.9 Å². The first-order chi connectivity index (χ1) is 15.1. The molecule has 4 rings (SSSR count). The fraction of sp³-hybridized carbons (Fsp3) is 0.167. The molecule has 1 heterocycles. The van der Waals surface area contributed by atoms with E-state index in [2.05, 4.69) is 5.32 Å². The van der Waals surface area contributed by atoms with Gasteiger partial charge in [-0.2, -0.15) is 0 Å². The second-order valence-corrected chi connectivity index (χ2v) is 6.90. The van der Waals surface area contributed by atoms with E-state index in [4.69, 9.17) is 18.9 Å². The Morgan fingerprint density at radius 3 is 2.48 bits per heavy atom. The highest BCUT2D eigenvalue weighted by atomic mass is 16.7. The average Bonchev–Trinajstić information content (AvgIpc) is 3.26. The fourth-order valence-corrected chi connectivity index (χ4v) is 2.92. The van der Waals surface area contributed by atoms with Crippen molar-refractivity contribution in [1.82, 2.24) is 0 Å². The minimum absolute atomic E-state index is 0.151. The van der Waals surface area contributed by atoms with Crippen molar-refractivity contribution in [1.29, 1.82) is 0 Å². The van der Waals surface area contributed by atoms with Gasteiger partial charge in [-0.1, -0.05) is 30.3 Å². The van der Waals surface area contributed by atoms with Gasteiger partial charge in [-0.05, 0) is 48.9 Å². The number of benzene rings is 3. The van der Waals surface area contributed by atoms with Crippen molar-refractivity contribution < 1.29 is 28.5 Å². The number of ether oxygens (including phenoxy) is 4. The molecule has 0 radical (unpaired) electrons. The van der Waals surface area contributed by atoms with E-state index in [0.29, 0.717) is 29.4 Å². The van der Waals surface area contributed by atoms with Crippen LogP contribution in [-0.4, -0.2) is 24.8 Å². The number of amides is 1. The summed E-state index contributed by atoms with van der Waals surface area (Å²) in [6.07, 6.45) is -0.973. The minimum Gasteiger partial charge on any atom is -0.489 e. The average molecular weight is 419 g/mol. The zero-order valence-corrected chi connectivity index (χ0v) is 16.9. The van der Waals surface area contributed by atoms with Gasteiger partial charge in [0.15, 0.2) is 17.6 Å². The summed E-state index contributed by atoms with van der Waals surface area (Å²) in [6.45, 7) is 2.05. The summed E-state index contributed by atoms with van der Waals surface area (Å²) in [5.74, 6) is 0.922. The number of anilines is 1. The van der Waals surface area contributed by atoms with Crippen LogP contribution in [0.1, 0.15) is 22.8 Å². The van der Waals surface area contributed by atoms with E-state index in [1.807, 2.05) is 30.3 Å². The van der Waals surface area contributed by atoms with E-state index in [1.165, 1.54) is 6.92 Å². The second kappa shape index (κ2) is 9.21. The molecule has 1 amide bonds. The molecule has 0 unspecified atom stereocenters. The third-order valence-corrected chi connectivity index (χ3v) is 4.63. The van der Waals surface area contributed by atoms with Crippen LogP contribution in [0.3, 0.4) is 0 Å². The highest BCUT2D eigenvalue weighted by Gasteiger charge is 2.20. The number of hydrogen-bond acceptors (Lipinski definition) is 6. The van der Waals surface area contributed by atoms with Crippen molar-refractivity contribution in [3.63, 3.8) is 0 Å². The standard InChI is InChI=1S/C24H21NO6/c1-16(23(26)25-19-11-12-21-22(13-19)30-15-29-21)31-24(27)18-9-7-17(8-10-18)14-28-20-5-3-2-4-6-20/h2-13,16H,14-15H2,1H3,(H,25,26)/t16-/m0/s1. The number of fused-ring (bicyclic) bond motifs is 1. The topological polar surface area (TPSA) is 83.1 Å². The lowest BCUT2D eigenvalue weighted by molar-refractivity contribution is -0.123. The zero-order chi connectivity index (χ0) is 21.6. The first-order valence-electron chi connectivity index (χ1n) is 9.77. The third kappa shape index (κ3) is 5.14. The Bertz CT molecular complexity index is 1070. The van der Waals surface area contributed by atoms with E-state index in [0.717, 1.165) is 11.3 Å². The molecule has 0 aromatic heterocycles. The maximum atomic E-state index is 12.4. The lowest BCUT2D eigenvalue weighted by atomic mass is 10.1. The first kappa shape index (κ1) is 20.3. The molecule has 0 aliphatic carbocycles. The van der Waals surface area contributed by atoms with Crippen LogP contribution in [0.25, 0.3) is 0 Å². The quantitative estimate of drug-likeness (QED) is 0.579. The van der Waals surface area contributed by atoms with Crippen LogP contribution in [0.2, 0.25) is 0 Å². The predicted molar refractivity (Wildman–Crippen MR) is 113 cm³/mol. The predicted octanol–water partition coefficient (Wildman–Crippen LogP) is 4.18. The van der Waals surface area contributed by atoms with Gasteiger partial charge in [-0.25, -0.2) is 4.79 Å². The Kier molecular flexibility index (Phi) is 6.03. The molecule has 1 atom stereocenters. The molecule has 0 spiro atoms.